The van der Waals surface area contributed by atoms with E-state index in [1.165, 1.54) is 6.07 Å². The fourth-order valence-corrected chi connectivity index (χ4v) is 5.16. The van der Waals surface area contributed by atoms with Gasteiger partial charge in [0.15, 0.2) is 0 Å². The highest BCUT2D eigenvalue weighted by Crippen LogP contribution is 2.60. The van der Waals surface area contributed by atoms with Crippen molar-refractivity contribution in [3.8, 4) is 17.2 Å². The SMILES string of the molecule is O=C(Cc1cccc(C(F)(F)F)c1)C[C@H]1[C@@H]2Oc3ccc(Oc4ccnc5c4CCC(=O)N5)cc3[C@H]12. The maximum absolute atomic E-state index is 13.0. The maximum Gasteiger partial charge on any atom is 0.416 e. The van der Waals surface area contributed by atoms with E-state index in [2.05, 4.69) is 10.3 Å². The number of ketones is 1. The normalized spacial score (nSPS) is 21.5. The lowest BCUT2D eigenvalue weighted by atomic mass is 10.0. The average molecular weight is 494 g/mol. The number of amides is 1. The summed E-state index contributed by atoms with van der Waals surface area (Å²) >= 11 is 0. The van der Waals surface area contributed by atoms with Crippen molar-refractivity contribution < 1.29 is 32.2 Å². The Kier molecular flexibility index (Phi) is 5.24. The molecule has 0 bridgehead atoms. The number of carbonyl (C=O) groups is 2. The zero-order valence-electron chi connectivity index (χ0n) is 19.0. The Morgan fingerprint density at radius 1 is 1.14 bits per heavy atom. The number of alkyl halides is 3. The molecule has 3 aliphatic rings. The summed E-state index contributed by atoms with van der Waals surface area (Å²) in [4.78, 5) is 28.5. The minimum absolute atomic E-state index is 0.00468. The Labute approximate surface area is 204 Å². The molecule has 1 saturated carbocycles. The number of nitrogens with zero attached hydrogens (tertiary/aromatic N) is 1. The molecule has 6 nitrogen and oxygen atoms in total. The number of aromatic nitrogens is 1. The molecule has 0 unspecified atom stereocenters. The highest BCUT2D eigenvalue weighted by Gasteiger charge is 2.59. The van der Waals surface area contributed by atoms with E-state index in [4.69, 9.17) is 9.47 Å². The molecule has 1 amide bonds. The van der Waals surface area contributed by atoms with Crippen LogP contribution in [0.15, 0.2) is 54.7 Å². The number of rotatable bonds is 6. The second-order valence-electron chi connectivity index (χ2n) is 9.38. The summed E-state index contributed by atoms with van der Waals surface area (Å²) in [5.74, 6) is 2.36. The first-order valence-corrected chi connectivity index (χ1v) is 11.7. The van der Waals surface area contributed by atoms with Crippen LogP contribution in [0.2, 0.25) is 0 Å². The van der Waals surface area contributed by atoms with Gasteiger partial charge in [-0.05, 0) is 42.3 Å². The van der Waals surface area contributed by atoms with Crippen LogP contribution >= 0.6 is 0 Å². The Balaban J connectivity index is 1.13. The smallest absolute Gasteiger partial charge is 0.416 e. The summed E-state index contributed by atoms with van der Waals surface area (Å²) in [6.07, 6.45) is -1.85. The van der Waals surface area contributed by atoms with Crippen molar-refractivity contribution >= 4 is 17.5 Å². The molecule has 9 heteroatoms. The van der Waals surface area contributed by atoms with Crippen molar-refractivity contribution in [2.75, 3.05) is 5.32 Å². The number of pyridine rings is 1. The zero-order valence-corrected chi connectivity index (χ0v) is 19.0. The lowest BCUT2D eigenvalue weighted by molar-refractivity contribution is -0.137. The number of hydrogen-bond acceptors (Lipinski definition) is 5. The number of benzene rings is 2. The number of fused-ring (bicyclic) bond motifs is 4. The molecule has 3 aromatic rings. The van der Waals surface area contributed by atoms with Gasteiger partial charge in [-0.3, -0.25) is 9.59 Å². The van der Waals surface area contributed by atoms with E-state index in [9.17, 15) is 22.8 Å². The van der Waals surface area contributed by atoms with E-state index in [-0.39, 0.29) is 42.5 Å². The Morgan fingerprint density at radius 3 is 2.83 bits per heavy atom. The van der Waals surface area contributed by atoms with E-state index in [0.29, 0.717) is 35.7 Å². The molecule has 3 heterocycles. The van der Waals surface area contributed by atoms with Crippen LogP contribution in [0.4, 0.5) is 19.0 Å². The van der Waals surface area contributed by atoms with Gasteiger partial charge in [-0.25, -0.2) is 4.98 Å². The first kappa shape index (κ1) is 22.6. The fourth-order valence-electron chi connectivity index (χ4n) is 5.16. The second kappa shape index (κ2) is 8.36. The summed E-state index contributed by atoms with van der Waals surface area (Å²) < 4.78 is 51.0. The Bertz CT molecular complexity index is 1390. The number of carbonyl (C=O) groups excluding carboxylic acids is 2. The van der Waals surface area contributed by atoms with Crippen LogP contribution in [0.25, 0.3) is 0 Å². The number of nitrogens with one attached hydrogen (secondary N) is 1. The molecule has 1 aromatic heterocycles. The zero-order chi connectivity index (χ0) is 25.0. The number of hydrogen-bond donors (Lipinski definition) is 1. The summed E-state index contributed by atoms with van der Waals surface area (Å²) in [6, 6.07) is 12.2. The van der Waals surface area contributed by atoms with Crippen LogP contribution in [0, 0.1) is 5.92 Å². The van der Waals surface area contributed by atoms with Gasteiger partial charge in [-0.1, -0.05) is 18.2 Å². The van der Waals surface area contributed by atoms with Gasteiger partial charge < -0.3 is 14.8 Å². The highest BCUT2D eigenvalue weighted by molar-refractivity contribution is 5.93. The summed E-state index contributed by atoms with van der Waals surface area (Å²) in [5.41, 5.74) is 1.41. The molecule has 2 aliphatic heterocycles. The van der Waals surface area contributed by atoms with Gasteiger partial charge in [0.25, 0.3) is 0 Å². The molecule has 3 atom stereocenters. The topological polar surface area (TPSA) is 77.5 Å². The van der Waals surface area contributed by atoms with Gasteiger partial charge in [-0.2, -0.15) is 13.2 Å². The summed E-state index contributed by atoms with van der Waals surface area (Å²) in [7, 11) is 0. The third-order valence-electron chi connectivity index (χ3n) is 6.92. The quantitative estimate of drug-likeness (QED) is 0.493. The Hall–Kier alpha value is -3.88. The van der Waals surface area contributed by atoms with Crippen molar-refractivity contribution in [3.63, 3.8) is 0 Å². The van der Waals surface area contributed by atoms with E-state index >= 15 is 0 Å². The van der Waals surface area contributed by atoms with Crippen molar-refractivity contribution in [1.82, 2.24) is 4.98 Å². The predicted molar refractivity (Wildman–Crippen MR) is 123 cm³/mol. The van der Waals surface area contributed by atoms with Crippen LogP contribution in [-0.2, 0) is 28.6 Å². The number of anilines is 1. The van der Waals surface area contributed by atoms with Crippen molar-refractivity contribution in [3.05, 3.63) is 77.0 Å². The number of ether oxygens (including phenoxy) is 2. The van der Waals surface area contributed by atoms with Crippen LogP contribution < -0.4 is 14.8 Å². The molecule has 1 N–H and O–H groups in total. The van der Waals surface area contributed by atoms with Gasteiger partial charge in [0.1, 0.15) is 35.0 Å². The standard InChI is InChI=1S/C27H21F3N2O4/c28-27(29,30)15-3-1-2-14(10-15)11-16(33)12-20-24-19-13-17(4-6-21(19)36-25(20)24)35-22-8-9-31-26-18(22)5-7-23(34)32-26/h1-4,6,8-10,13,20,24-25H,5,7,11-12H2,(H,31,32,34)/t20-,24-,25+/m1/s1. The molecule has 6 rings (SSSR count). The van der Waals surface area contributed by atoms with Crippen molar-refractivity contribution in [2.24, 2.45) is 5.92 Å². The molecule has 184 valence electrons. The Morgan fingerprint density at radius 2 is 2.00 bits per heavy atom. The average Bonchev–Trinajstić information content (AvgIpc) is 3.34. The van der Waals surface area contributed by atoms with E-state index in [1.54, 1.807) is 18.3 Å². The fraction of sp³-hybridized carbons (Fsp3) is 0.296. The third kappa shape index (κ3) is 4.19. The monoisotopic (exact) mass is 494 g/mol. The molecule has 1 aliphatic carbocycles. The molecule has 0 saturated heterocycles. The van der Waals surface area contributed by atoms with E-state index in [0.717, 1.165) is 29.0 Å². The van der Waals surface area contributed by atoms with Crippen molar-refractivity contribution in [2.45, 2.75) is 43.9 Å². The lowest BCUT2D eigenvalue weighted by Gasteiger charge is -2.19. The number of halogens is 3. The van der Waals surface area contributed by atoms with Gasteiger partial charge in [0.05, 0.1) is 5.56 Å². The predicted octanol–water partition coefficient (Wildman–Crippen LogP) is 5.45. The van der Waals surface area contributed by atoms with E-state index < -0.39 is 11.7 Å². The molecule has 36 heavy (non-hydrogen) atoms. The first-order chi connectivity index (χ1) is 17.3. The van der Waals surface area contributed by atoms with Crippen LogP contribution in [-0.4, -0.2) is 22.8 Å². The first-order valence-electron chi connectivity index (χ1n) is 11.7. The number of Topliss-reactive ketones (excluding diaryl/α,β-unsaturated/α-hetero) is 1. The van der Waals surface area contributed by atoms with Crippen molar-refractivity contribution in [1.29, 1.82) is 0 Å². The molecular weight excluding hydrogens is 473 g/mol. The van der Waals surface area contributed by atoms with Crippen LogP contribution in [0.3, 0.4) is 0 Å². The minimum atomic E-state index is -4.44. The molecule has 1 fully saturated rings. The van der Waals surface area contributed by atoms with E-state index in [1.807, 2.05) is 18.2 Å². The second-order valence-corrected chi connectivity index (χ2v) is 9.38. The largest absolute Gasteiger partial charge is 0.489 e. The lowest BCUT2D eigenvalue weighted by Crippen LogP contribution is -2.20. The summed E-state index contributed by atoms with van der Waals surface area (Å²) in [5, 5.41) is 2.76. The van der Waals surface area contributed by atoms with Crippen LogP contribution in [0.1, 0.15) is 41.0 Å². The molecule has 2 aromatic carbocycles. The van der Waals surface area contributed by atoms with Crippen LogP contribution in [0.5, 0.6) is 17.2 Å². The molecule has 0 radical (unpaired) electrons. The molecule has 0 spiro atoms. The van der Waals surface area contributed by atoms with Gasteiger partial charge in [0.2, 0.25) is 5.91 Å². The molecular formula is C27H21F3N2O4. The van der Waals surface area contributed by atoms with Gasteiger partial charge in [-0.15, -0.1) is 0 Å². The van der Waals surface area contributed by atoms with Gasteiger partial charge >= 0.3 is 6.18 Å². The third-order valence-corrected chi connectivity index (χ3v) is 6.92. The maximum atomic E-state index is 13.0. The van der Waals surface area contributed by atoms with Gasteiger partial charge in [0, 0.05) is 48.4 Å². The summed E-state index contributed by atoms with van der Waals surface area (Å²) in [6.45, 7) is 0. The highest BCUT2D eigenvalue weighted by atomic mass is 19.4. The minimum Gasteiger partial charge on any atom is -0.489 e.